The number of carbonyl (C=O) groups is 5. The Balaban J connectivity index is -0.000000587. The van der Waals surface area contributed by atoms with E-state index >= 15 is 0 Å². The fourth-order valence-electron chi connectivity index (χ4n) is 15.5. The molecule has 7 aliphatic carbocycles. The summed E-state index contributed by atoms with van der Waals surface area (Å²) in [5.74, 6) is 3.15. The van der Waals surface area contributed by atoms with Crippen molar-refractivity contribution in [2.24, 2.45) is 84.7 Å². The predicted octanol–water partition coefficient (Wildman–Crippen LogP) is 30.1. The van der Waals surface area contributed by atoms with Crippen LogP contribution >= 0.6 is 0 Å². The van der Waals surface area contributed by atoms with Crippen molar-refractivity contribution >= 4 is 29.8 Å². The van der Waals surface area contributed by atoms with Crippen LogP contribution < -0.4 is 0 Å². The van der Waals surface area contributed by atoms with Crippen LogP contribution in [0.5, 0.6) is 0 Å². The number of carboxylic acids is 5. The molecule has 8 aliphatic rings. The highest BCUT2D eigenvalue weighted by atomic mass is 16.6. The van der Waals surface area contributed by atoms with Crippen LogP contribution in [0.25, 0.3) is 0 Å². The number of fused-ring (bicyclic) bond motifs is 1. The van der Waals surface area contributed by atoms with Gasteiger partial charge in [-0.2, -0.15) is 0 Å². The molecule has 5 fully saturated rings. The molecule has 10 rings (SSSR count). The molecule has 1 aliphatic heterocycles. The highest BCUT2D eigenvalue weighted by Gasteiger charge is 2.49. The van der Waals surface area contributed by atoms with Crippen molar-refractivity contribution in [1.29, 1.82) is 0 Å². The summed E-state index contributed by atoms with van der Waals surface area (Å²) in [6.07, 6.45) is 38.3. The van der Waals surface area contributed by atoms with Gasteiger partial charge in [-0.15, -0.1) is 0 Å². The average Bonchev–Trinajstić information content (AvgIpc) is 1.36. The molecule has 9 atom stereocenters. The van der Waals surface area contributed by atoms with Gasteiger partial charge < -0.3 is 30.3 Å². The Morgan fingerprint density at radius 2 is 0.649 bits per heavy atom. The first kappa shape index (κ1) is 115. The lowest BCUT2D eigenvalue weighted by Gasteiger charge is -2.52. The summed E-state index contributed by atoms with van der Waals surface area (Å²) in [7, 11) is 0. The van der Waals surface area contributed by atoms with Gasteiger partial charge in [0.15, 0.2) is 0 Å². The van der Waals surface area contributed by atoms with Crippen LogP contribution in [0.3, 0.4) is 0 Å². The van der Waals surface area contributed by atoms with Crippen molar-refractivity contribution in [2.45, 2.75) is 408 Å². The van der Waals surface area contributed by atoms with E-state index in [1.165, 1.54) is 73.6 Å². The largest absolute Gasteiger partial charge is 0.481 e. The number of rotatable bonds is 0. The van der Waals surface area contributed by atoms with E-state index in [9.17, 15) is 0 Å². The predicted molar refractivity (Wildman–Crippen MR) is 492 cm³/mol. The maximum atomic E-state index is 9.00. The second-order valence-electron chi connectivity index (χ2n) is 44.4. The minimum Gasteiger partial charge on any atom is -0.481 e. The molecule has 0 aromatic heterocycles. The number of allylic oxidation sites excluding steroid dienone is 10. The molecule has 1 saturated heterocycles. The first-order valence-corrected chi connectivity index (χ1v) is 43.2. The number of carboxylic acid groups (broad SMARTS) is 5. The van der Waals surface area contributed by atoms with Gasteiger partial charge in [0.25, 0.3) is 29.8 Å². The van der Waals surface area contributed by atoms with E-state index in [1.807, 2.05) is 0 Å². The first-order valence-electron chi connectivity index (χ1n) is 43.2. The molecular weight excluding hydrogens is 1410 g/mol. The third kappa shape index (κ3) is 50.3. The van der Waals surface area contributed by atoms with Gasteiger partial charge >= 0.3 is 0 Å². The first-order chi connectivity index (χ1) is 51.0. The number of epoxide rings is 1. The molecule has 660 valence electrons. The second-order valence-corrected chi connectivity index (χ2v) is 44.4. The van der Waals surface area contributed by atoms with E-state index in [4.69, 9.17) is 54.2 Å². The number of hydrogen-bond donors (Lipinski definition) is 5. The van der Waals surface area contributed by atoms with Crippen LogP contribution in [0.1, 0.15) is 397 Å². The van der Waals surface area contributed by atoms with Crippen molar-refractivity contribution in [3.8, 4) is 0 Å². The third-order valence-corrected chi connectivity index (χ3v) is 23.6. The minimum absolute atomic E-state index is 0.208. The monoisotopic (exact) mass is 1600 g/mol. The van der Waals surface area contributed by atoms with Crippen LogP contribution in [-0.4, -0.2) is 67.6 Å². The molecule has 9 unspecified atom stereocenters. The van der Waals surface area contributed by atoms with Crippen LogP contribution in [-0.2, 0) is 50.4 Å². The Morgan fingerprint density at radius 3 is 0.833 bits per heavy atom. The molecule has 4 saturated carbocycles. The molecule has 0 bridgehead atoms. The normalized spacial score (nSPS) is 22.4. The smallest absolute Gasteiger partial charge is 0.300 e. The molecule has 2 aromatic carbocycles. The van der Waals surface area contributed by atoms with Gasteiger partial charge in [0.2, 0.25) is 0 Å². The maximum absolute atomic E-state index is 9.00. The van der Waals surface area contributed by atoms with Crippen molar-refractivity contribution in [2.75, 3.05) is 0 Å². The van der Waals surface area contributed by atoms with E-state index in [-0.39, 0.29) is 43.3 Å². The van der Waals surface area contributed by atoms with Crippen molar-refractivity contribution in [1.82, 2.24) is 0 Å². The van der Waals surface area contributed by atoms with E-state index in [2.05, 4.69) is 353 Å². The summed E-state index contributed by atoms with van der Waals surface area (Å²) in [5, 5.41) is 37.1. The number of ether oxygens (including phenoxy) is 1. The summed E-state index contributed by atoms with van der Waals surface area (Å²) >= 11 is 0. The highest BCUT2D eigenvalue weighted by molar-refractivity contribution is 5.64. The summed E-state index contributed by atoms with van der Waals surface area (Å²) in [6, 6.07) is 17.8. The second kappa shape index (κ2) is 49.7. The van der Waals surface area contributed by atoms with Crippen LogP contribution in [0.2, 0.25) is 0 Å². The molecule has 1 heterocycles. The molecule has 0 radical (unpaired) electrons. The lowest BCUT2D eigenvalue weighted by Crippen LogP contribution is -2.45. The summed E-state index contributed by atoms with van der Waals surface area (Å²) in [6.45, 7) is 90.4. The molecule has 0 spiro atoms. The van der Waals surface area contributed by atoms with E-state index in [1.54, 1.807) is 36.8 Å². The van der Waals surface area contributed by atoms with Crippen LogP contribution in [0, 0.1) is 84.7 Å². The lowest BCUT2D eigenvalue weighted by atomic mass is 9.52. The van der Waals surface area contributed by atoms with Crippen molar-refractivity contribution in [3.63, 3.8) is 0 Å². The zero-order valence-corrected chi connectivity index (χ0v) is 81.8. The molecule has 2 aromatic rings. The van der Waals surface area contributed by atoms with Crippen molar-refractivity contribution < 1.29 is 54.2 Å². The Kier molecular flexibility index (Phi) is 50.1. The van der Waals surface area contributed by atoms with Gasteiger partial charge in [-0.1, -0.05) is 369 Å². The minimum atomic E-state index is -0.833. The Hall–Kier alpha value is -5.55. The molecule has 0 amide bonds. The number of aliphatic carboxylic acids is 5. The van der Waals surface area contributed by atoms with E-state index in [0.29, 0.717) is 33.9 Å². The van der Waals surface area contributed by atoms with Crippen LogP contribution in [0.4, 0.5) is 0 Å². The standard InChI is InChI=1S/2C14H22.C14H24.C13H26.C13H22.C11H20.C5H10.C5H8.C4H8O.5C2H4O2/c1-13(2,3)11-7-9-12(10-8-11)14(4,5)6;1-13(2,3)11-9-7-8-10-12(11)14(4,5)6;1-12(2,3)14(13(4,5)6)10-8-7-9-11-14;1-12(2,3)10-7-8-11(9-10)13(4,5)6;1-11(2,3)13(12(4,5)6)9-7-8-10-13;1-9-6-7-10-4-2-3-5-11(10)8-9;2*1-4-3-5(4)2;1-3-4(2)5-3;5*1-2(3)4/h2*7-10H,1-6H3;7-10H,11H2,1-6H3;10-11H,7-9H2,1-6H3;7-10H,1-6H3;9-11H,2-8H2,1H3;4-5H,3H2,1-2H3;3H2,1-2H3;3-4H,1-2H3;5*1H3,(H,3,4). The van der Waals surface area contributed by atoms with Gasteiger partial charge in [-0.05, 0) is 197 Å². The lowest BCUT2D eigenvalue weighted by molar-refractivity contribution is -0.135. The molecule has 11 nitrogen and oxygen atoms in total. The highest BCUT2D eigenvalue weighted by Crippen LogP contribution is 2.57. The number of hydrogen-bond acceptors (Lipinski definition) is 6. The van der Waals surface area contributed by atoms with E-state index < -0.39 is 29.8 Å². The van der Waals surface area contributed by atoms with Gasteiger partial charge in [0.1, 0.15) is 0 Å². The van der Waals surface area contributed by atoms with Gasteiger partial charge in [-0.25, -0.2) is 0 Å². The maximum Gasteiger partial charge on any atom is 0.300 e. The summed E-state index contributed by atoms with van der Waals surface area (Å²) in [5.41, 5.74) is 12.7. The van der Waals surface area contributed by atoms with Gasteiger partial charge in [0, 0.05) is 45.4 Å². The average molecular weight is 1600 g/mol. The quantitative estimate of drug-likeness (QED) is 0.124. The molecule has 114 heavy (non-hydrogen) atoms. The SMILES string of the molecule is CC(=O)O.CC(=O)O.CC(=O)O.CC(=O)O.CC(=O)O.CC(C)(C)C1(C(C)(C)C)C=CC=C1.CC(C)(C)C1(C(C)(C)C)C=CC=CC1.CC(C)(C)C1CCC(C(C)(C)C)C1.CC(C)(C)c1ccc(C(C)(C)C)cc1.CC(C)(C)c1ccccc1C(C)(C)C.CC1=C(C)C1.CC1CC1C.CC1CCC2CCCCC2C1.CC1OC1C. The fourth-order valence-corrected chi connectivity index (χ4v) is 15.5. The Labute approximate surface area is 703 Å². The summed E-state index contributed by atoms with van der Waals surface area (Å²) < 4.78 is 4.92. The Bertz CT molecular complexity index is 2980. The number of benzene rings is 2. The third-order valence-electron chi connectivity index (χ3n) is 23.6. The Morgan fingerprint density at radius 1 is 0.368 bits per heavy atom. The fraction of sp³-hybridized carbons (Fsp3) is 0.738. The molecule has 11 heteroatoms. The molecular formula is C103H182O11. The zero-order valence-electron chi connectivity index (χ0n) is 81.8. The van der Waals surface area contributed by atoms with Crippen molar-refractivity contribution in [3.05, 3.63) is 131 Å². The molecule has 5 N–H and O–H groups in total. The summed E-state index contributed by atoms with van der Waals surface area (Å²) in [4.78, 5) is 45.0. The zero-order chi connectivity index (χ0) is 90.8. The van der Waals surface area contributed by atoms with Gasteiger partial charge in [-0.3, -0.25) is 24.0 Å². The van der Waals surface area contributed by atoms with Gasteiger partial charge in [0.05, 0.1) is 12.2 Å². The van der Waals surface area contributed by atoms with E-state index in [0.717, 1.165) is 82.5 Å². The topological polar surface area (TPSA) is 199 Å². The van der Waals surface area contributed by atoms with Crippen LogP contribution in [0.15, 0.2) is 108 Å².